The van der Waals surface area contributed by atoms with Crippen LogP contribution < -0.4 is 9.88 Å². The van der Waals surface area contributed by atoms with Gasteiger partial charge in [0.2, 0.25) is 15.9 Å². The first kappa shape index (κ1) is 26.8. The fraction of sp³-hybridized carbons (Fsp3) is 0.286. The Morgan fingerprint density at radius 2 is 1.65 bits per heavy atom. The van der Waals surface area contributed by atoms with Gasteiger partial charge in [0.1, 0.15) is 11.2 Å². The molecule has 0 atom stereocenters. The van der Waals surface area contributed by atoms with Gasteiger partial charge in [-0.25, -0.2) is 23.3 Å². The van der Waals surface area contributed by atoms with Crippen LogP contribution in [-0.4, -0.2) is 42.1 Å². The van der Waals surface area contributed by atoms with Crippen LogP contribution in [0.15, 0.2) is 47.5 Å². The van der Waals surface area contributed by atoms with E-state index in [2.05, 4.69) is 14.7 Å². The second-order valence-electron chi connectivity index (χ2n) is 7.92. The molecule has 0 bridgehead atoms. The topological polar surface area (TPSA) is 141 Å². The minimum Gasteiger partial charge on any atom is -0.460 e. The number of esters is 2. The molecule has 9 nitrogen and oxygen atoms in total. The number of hydrogen-bond acceptors (Lipinski definition) is 7. The molecule has 0 fully saturated rings. The molecule has 0 spiro atoms. The lowest BCUT2D eigenvalue weighted by Crippen LogP contribution is -2.28. The average Bonchev–Trinajstić information content (AvgIpc) is 3.07. The van der Waals surface area contributed by atoms with Crippen molar-refractivity contribution in [2.75, 3.05) is 0 Å². The van der Waals surface area contributed by atoms with Crippen LogP contribution in [0, 0.1) is 0 Å². The quantitative estimate of drug-likeness (QED) is 0.521. The number of fused-ring (bicyclic) bond motifs is 1. The highest BCUT2D eigenvalue weighted by atomic mass is 32.2. The summed E-state index contributed by atoms with van der Waals surface area (Å²) in [6.45, 7) is 6.93. The number of nitrogens with two attached hydrogens (primary N) is 1. The monoisotopic (exact) mass is 501 g/mol. The molecule has 1 aromatic carbocycles. The van der Waals surface area contributed by atoms with Crippen molar-refractivity contribution in [2.24, 2.45) is 5.14 Å². The third-order valence-electron chi connectivity index (χ3n) is 3.89. The van der Waals surface area contributed by atoms with E-state index in [9.17, 15) is 31.2 Å². The maximum atomic E-state index is 12.3. The number of rotatable bonds is 3. The summed E-state index contributed by atoms with van der Waals surface area (Å²) < 4.78 is 68.6. The Hall–Kier alpha value is -3.45. The number of nitrogens with one attached hydrogen (secondary N) is 1. The Kier molecular flexibility index (Phi) is 7.73. The Balaban J connectivity index is 0.000000440. The first-order valence-corrected chi connectivity index (χ1v) is 11.1. The van der Waals surface area contributed by atoms with Crippen molar-refractivity contribution in [1.82, 2.24) is 9.97 Å². The minimum atomic E-state index is -5.13. The number of alkyl halides is 3. The van der Waals surface area contributed by atoms with Gasteiger partial charge < -0.3 is 14.5 Å². The van der Waals surface area contributed by atoms with Crippen molar-refractivity contribution in [1.29, 1.82) is 0 Å². The van der Waals surface area contributed by atoms with Crippen LogP contribution in [-0.2, 0) is 24.3 Å². The maximum absolute atomic E-state index is 12.3. The van der Waals surface area contributed by atoms with Crippen LogP contribution >= 0.6 is 0 Å². The molecule has 0 radical (unpaired) electrons. The fourth-order valence-corrected chi connectivity index (χ4v) is 3.24. The summed E-state index contributed by atoms with van der Waals surface area (Å²) in [7, 11) is -3.85. The van der Waals surface area contributed by atoms with E-state index in [1.807, 2.05) is 20.8 Å². The fourth-order valence-electron chi connectivity index (χ4n) is 2.72. The van der Waals surface area contributed by atoms with Gasteiger partial charge in [-0.1, -0.05) is 12.1 Å². The van der Waals surface area contributed by atoms with Crippen molar-refractivity contribution in [3.8, 4) is 17.0 Å². The number of pyridine rings is 1. The first-order valence-electron chi connectivity index (χ1n) is 9.57. The molecule has 13 heteroatoms. The van der Waals surface area contributed by atoms with Gasteiger partial charge in [-0.05, 0) is 50.1 Å². The molecule has 0 unspecified atom stereocenters. The number of nitrogens with zero attached hydrogens (tertiary/aromatic N) is 1. The van der Waals surface area contributed by atoms with Gasteiger partial charge in [-0.15, -0.1) is 0 Å². The molecule has 0 aliphatic carbocycles. The van der Waals surface area contributed by atoms with Crippen LogP contribution in [0.2, 0.25) is 0 Å². The number of hydrogen-bond donors (Lipinski definition) is 2. The van der Waals surface area contributed by atoms with Crippen molar-refractivity contribution >= 4 is 33.0 Å². The normalized spacial score (nSPS) is 12.0. The number of carbonyl (C=O) groups is 2. The van der Waals surface area contributed by atoms with E-state index in [4.69, 9.17) is 9.88 Å². The van der Waals surface area contributed by atoms with Gasteiger partial charge in [-0.3, -0.25) is 4.79 Å². The standard InChI is InChI=1S/C15H10F3N3O4S.C6H12O2/c16-15(17,18)14(22)25-12-7-11-10(5-6-20-13(11)21-12)8-1-3-9(4-2-8)26(19,23)24;1-5(7)8-6(2,3)4/h1-7H,(H,20,21)(H2,19,23,24);1-4H3. The van der Waals surface area contributed by atoms with Crippen molar-refractivity contribution < 1.29 is 40.7 Å². The Bertz CT molecular complexity index is 1290. The smallest absolute Gasteiger partial charge is 0.460 e. The molecular formula is C21H22F3N3O6S. The Morgan fingerprint density at radius 3 is 2.09 bits per heavy atom. The molecule has 0 saturated carbocycles. The van der Waals surface area contributed by atoms with Gasteiger partial charge in [0.05, 0.1) is 4.90 Å². The summed E-state index contributed by atoms with van der Waals surface area (Å²) in [5, 5.41) is 5.43. The van der Waals surface area contributed by atoms with Crippen molar-refractivity contribution in [3.05, 3.63) is 42.6 Å². The van der Waals surface area contributed by atoms with E-state index >= 15 is 0 Å². The zero-order chi connectivity index (χ0) is 25.9. The Morgan fingerprint density at radius 1 is 1.06 bits per heavy atom. The minimum absolute atomic E-state index is 0.0829. The number of carbonyl (C=O) groups excluding carboxylic acids is 2. The van der Waals surface area contributed by atoms with E-state index in [1.165, 1.54) is 43.5 Å². The predicted octanol–water partition coefficient (Wildman–Crippen LogP) is 3.69. The summed E-state index contributed by atoms with van der Waals surface area (Å²) in [5.41, 5.74) is 0.980. The second kappa shape index (κ2) is 9.81. The zero-order valence-electron chi connectivity index (χ0n) is 18.6. The van der Waals surface area contributed by atoms with Crippen LogP contribution in [0.25, 0.3) is 22.2 Å². The molecule has 184 valence electrons. The Labute approximate surface area is 193 Å². The van der Waals surface area contributed by atoms with Crippen molar-refractivity contribution in [2.45, 2.75) is 44.4 Å². The van der Waals surface area contributed by atoms with Crippen LogP contribution in [0.5, 0.6) is 5.88 Å². The lowest BCUT2D eigenvalue weighted by molar-refractivity contribution is -0.189. The van der Waals surface area contributed by atoms with E-state index in [-0.39, 0.29) is 22.1 Å². The SMILES string of the molecule is CC(=O)OC(C)(C)C.NS(=O)(=O)c1ccc(-c2ccnc3[nH]c(OC(=O)C(F)(F)F)cc23)cc1. The van der Waals surface area contributed by atoms with Gasteiger partial charge >= 0.3 is 18.1 Å². The van der Waals surface area contributed by atoms with Gasteiger partial charge in [0, 0.05) is 24.6 Å². The second-order valence-corrected chi connectivity index (χ2v) is 9.48. The van der Waals surface area contributed by atoms with E-state index < -0.39 is 28.0 Å². The molecule has 0 amide bonds. The van der Waals surface area contributed by atoms with E-state index in [0.29, 0.717) is 16.5 Å². The van der Waals surface area contributed by atoms with E-state index in [0.717, 1.165) is 0 Å². The number of primary sulfonamides is 1. The number of ether oxygens (including phenoxy) is 2. The number of sulfonamides is 1. The molecule has 0 aliphatic rings. The summed E-state index contributed by atoms with van der Waals surface area (Å²) in [6, 6.07) is 8.36. The molecule has 34 heavy (non-hydrogen) atoms. The third kappa shape index (κ3) is 7.56. The largest absolute Gasteiger partial charge is 0.491 e. The highest BCUT2D eigenvalue weighted by Gasteiger charge is 2.41. The molecule has 3 rings (SSSR count). The lowest BCUT2D eigenvalue weighted by Gasteiger charge is -2.17. The predicted molar refractivity (Wildman–Crippen MR) is 116 cm³/mol. The lowest BCUT2D eigenvalue weighted by atomic mass is 10.0. The number of benzene rings is 1. The van der Waals surface area contributed by atoms with Gasteiger partial charge in [0.25, 0.3) is 0 Å². The summed E-state index contributed by atoms with van der Waals surface area (Å²) in [4.78, 5) is 27.5. The third-order valence-corrected chi connectivity index (χ3v) is 4.81. The van der Waals surface area contributed by atoms with Crippen LogP contribution in [0.3, 0.4) is 0 Å². The highest BCUT2D eigenvalue weighted by Crippen LogP contribution is 2.31. The van der Waals surface area contributed by atoms with E-state index in [1.54, 1.807) is 6.07 Å². The zero-order valence-corrected chi connectivity index (χ0v) is 19.4. The number of aromatic nitrogens is 2. The number of aromatic amines is 1. The molecule has 3 aromatic rings. The maximum Gasteiger partial charge on any atom is 0.491 e. The average molecular weight is 501 g/mol. The molecule has 0 aliphatic heterocycles. The number of halogens is 3. The van der Waals surface area contributed by atoms with Gasteiger partial charge in [-0.2, -0.15) is 13.2 Å². The summed E-state index contributed by atoms with van der Waals surface area (Å²) in [6.07, 6.45) is -3.73. The first-order chi connectivity index (χ1) is 15.5. The summed E-state index contributed by atoms with van der Waals surface area (Å²) >= 11 is 0. The van der Waals surface area contributed by atoms with Crippen molar-refractivity contribution in [3.63, 3.8) is 0 Å². The molecule has 0 saturated heterocycles. The van der Waals surface area contributed by atoms with Crippen LogP contribution in [0.1, 0.15) is 27.7 Å². The molecule has 3 N–H and O–H groups in total. The molecule has 2 heterocycles. The van der Waals surface area contributed by atoms with Gasteiger partial charge in [0.15, 0.2) is 0 Å². The summed E-state index contributed by atoms with van der Waals surface area (Å²) in [5.74, 6) is -3.00. The number of H-pyrrole nitrogens is 1. The highest BCUT2D eigenvalue weighted by molar-refractivity contribution is 7.89. The molecular weight excluding hydrogens is 479 g/mol. The van der Waals surface area contributed by atoms with Crippen LogP contribution in [0.4, 0.5) is 13.2 Å². The molecule has 2 aromatic heterocycles.